The second kappa shape index (κ2) is 7.67. The Kier molecular flexibility index (Phi) is 5.44. The lowest BCUT2D eigenvalue weighted by atomic mass is 9.58. The van der Waals surface area contributed by atoms with Gasteiger partial charge in [-0.25, -0.2) is 9.78 Å². The summed E-state index contributed by atoms with van der Waals surface area (Å²) in [6.07, 6.45) is 2.41. The summed E-state index contributed by atoms with van der Waals surface area (Å²) >= 11 is 0. The summed E-state index contributed by atoms with van der Waals surface area (Å²) in [5, 5.41) is 10.5. The minimum absolute atomic E-state index is 0.118. The van der Waals surface area contributed by atoms with Crippen LogP contribution in [0.1, 0.15) is 46.5 Å². The van der Waals surface area contributed by atoms with E-state index in [1.54, 1.807) is 0 Å². The maximum absolute atomic E-state index is 10.5. The molecule has 8 heteroatoms. The molecule has 0 amide bonds. The maximum Gasteiger partial charge on any atom is 0.201 e. The Hall–Kier alpha value is -0.320. The number of ether oxygens (including phenoxy) is 4. The van der Waals surface area contributed by atoms with Crippen LogP contribution in [0, 0.1) is 23.7 Å². The lowest BCUT2D eigenvalue weighted by Gasteiger charge is -2.60. The van der Waals surface area contributed by atoms with Gasteiger partial charge in [0.2, 0.25) is 5.79 Å². The van der Waals surface area contributed by atoms with Crippen LogP contribution in [0.4, 0.5) is 0 Å². The molecule has 6 rings (SSSR count). The van der Waals surface area contributed by atoms with E-state index < -0.39 is 30.2 Å². The molecule has 2 bridgehead atoms. The number of nitrogens with zero attached hydrogens (tertiary/aromatic N) is 1. The Morgan fingerprint density at radius 2 is 1.90 bits per heavy atom. The molecule has 0 aromatic carbocycles. The third-order valence-corrected chi connectivity index (χ3v) is 7.97. The summed E-state index contributed by atoms with van der Waals surface area (Å²) < 4.78 is 24.2. The Morgan fingerprint density at radius 1 is 1.10 bits per heavy atom. The summed E-state index contributed by atoms with van der Waals surface area (Å²) in [5.74, 6) is 0.454. The van der Waals surface area contributed by atoms with Gasteiger partial charge in [-0.1, -0.05) is 13.8 Å². The van der Waals surface area contributed by atoms with Gasteiger partial charge in [0, 0.05) is 31.3 Å². The van der Waals surface area contributed by atoms with Crippen LogP contribution in [-0.4, -0.2) is 73.1 Å². The zero-order valence-electron chi connectivity index (χ0n) is 17.7. The van der Waals surface area contributed by atoms with Crippen molar-refractivity contribution in [3.8, 4) is 0 Å². The number of fused-ring (bicyclic) bond motifs is 2. The van der Waals surface area contributed by atoms with Crippen LogP contribution < -0.4 is 0 Å². The molecule has 5 aliphatic heterocycles. The molecule has 1 N–H and O–H groups in total. The van der Waals surface area contributed by atoms with Crippen LogP contribution >= 0.6 is 0 Å². The fourth-order valence-electron chi connectivity index (χ4n) is 6.22. The third kappa shape index (κ3) is 3.36. The predicted molar refractivity (Wildman–Crippen MR) is 101 cm³/mol. The van der Waals surface area contributed by atoms with Gasteiger partial charge in [0.05, 0.1) is 19.8 Å². The fourth-order valence-corrected chi connectivity index (χ4v) is 6.22. The van der Waals surface area contributed by atoms with Crippen molar-refractivity contribution in [2.75, 3.05) is 32.9 Å². The third-order valence-electron chi connectivity index (χ3n) is 7.97. The topological polar surface area (TPSA) is 78.9 Å². The first-order valence-corrected chi connectivity index (χ1v) is 11.2. The van der Waals surface area contributed by atoms with Gasteiger partial charge >= 0.3 is 0 Å². The molecule has 1 aliphatic carbocycles. The highest BCUT2D eigenvalue weighted by molar-refractivity contribution is 5.09. The Bertz CT molecular complexity index is 602. The normalized spacial score (nSPS) is 51.3. The Morgan fingerprint density at radius 3 is 2.69 bits per heavy atom. The van der Waals surface area contributed by atoms with E-state index in [9.17, 15) is 5.11 Å². The van der Waals surface area contributed by atoms with Crippen LogP contribution in [-0.2, 0) is 28.7 Å². The second-order valence-corrected chi connectivity index (χ2v) is 9.74. The van der Waals surface area contributed by atoms with Gasteiger partial charge in [-0.15, -0.1) is 0 Å². The monoisotopic (exact) mass is 413 g/mol. The zero-order valence-corrected chi connectivity index (χ0v) is 17.7. The van der Waals surface area contributed by atoms with E-state index in [0.29, 0.717) is 38.1 Å². The van der Waals surface area contributed by atoms with Gasteiger partial charge in [-0.3, -0.25) is 4.90 Å². The van der Waals surface area contributed by atoms with Crippen molar-refractivity contribution in [1.29, 1.82) is 0 Å². The Labute approximate surface area is 172 Å². The number of morpholine rings is 1. The summed E-state index contributed by atoms with van der Waals surface area (Å²) in [6.45, 7) is 9.32. The first-order chi connectivity index (χ1) is 13.9. The van der Waals surface area contributed by atoms with E-state index in [4.69, 9.17) is 28.7 Å². The molecule has 0 aromatic rings. The van der Waals surface area contributed by atoms with Gasteiger partial charge in [0.15, 0.2) is 18.2 Å². The average molecular weight is 414 g/mol. The standard InChI is InChI=1S/C21H35NO7/c1-13-4-5-16-14(2)18(25-12-17(23)22-8-10-24-11-9-22)26-19-21(16)15(13)6-7-20(3,27-19)28-29-21/h13-19,23H,4-12H2,1-3H3/t13-,14-,15?,16?,17?,18+,19-,20-,21-/m1/s1. The quantitative estimate of drug-likeness (QED) is 0.700. The van der Waals surface area contributed by atoms with Gasteiger partial charge in [0.1, 0.15) is 6.23 Å². The molecule has 0 aromatic heterocycles. The van der Waals surface area contributed by atoms with Gasteiger partial charge in [-0.2, -0.15) is 0 Å². The minimum atomic E-state index is -0.782. The van der Waals surface area contributed by atoms with Gasteiger partial charge in [-0.05, 0) is 38.0 Å². The van der Waals surface area contributed by atoms with Crippen LogP contribution in [0.5, 0.6) is 0 Å². The molecule has 1 spiro atoms. The van der Waals surface area contributed by atoms with Crippen molar-refractivity contribution in [3.05, 3.63) is 0 Å². The molecule has 0 radical (unpaired) electrons. The molecule has 9 atom stereocenters. The van der Waals surface area contributed by atoms with Crippen LogP contribution in [0.2, 0.25) is 0 Å². The summed E-state index contributed by atoms with van der Waals surface area (Å²) in [7, 11) is 0. The highest BCUT2D eigenvalue weighted by Gasteiger charge is 2.69. The summed E-state index contributed by atoms with van der Waals surface area (Å²) in [6, 6.07) is 0. The first-order valence-electron chi connectivity index (χ1n) is 11.2. The average Bonchev–Trinajstić information content (AvgIpc) is 2.96. The molecule has 166 valence electrons. The van der Waals surface area contributed by atoms with E-state index in [2.05, 4.69) is 13.8 Å². The van der Waals surface area contributed by atoms with Crippen molar-refractivity contribution in [3.63, 3.8) is 0 Å². The summed E-state index contributed by atoms with van der Waals surface area (Å²) in [4.78, 5) is 14.0. The lowest BCUT2D eigenvalue weighted by Crippen LogP contribution is -2.70. The highest BCUT2D eigenvalue weighted by Crippen LogP contribution is 2.60. The number of aliphatic hydroxyl groups is 1. The zero-order chi connectivity index (χ0) is 20.2. The smallest absolute Gasteiger partial charge is 0.201 e. The molecule has 6 aliphatic rings. The van der Waals surface area contributed by atoms with Crippen molar-refractivity contribution in [1.82, 2.24) is 4.90 Å². The van der Waals surface area contributed by atoms with Crippen LogP contribution in [0.25, 0.3) is 0 Å². The van der Waals surface area contributed by atoms with E-state index in [1.807, 2.05) is 11.8 Å². The van der Waals surface area contributed by atoms with Crippen molar-refractivity contribution in [2.24, 2.45) is 23.7 Å². The number of aliphatic hydroxyl groups excluding tert-OH is 1. The van der Waals surface area contributed by atoms with Gasteiger partial charge in [0.25, 0.3) is 0 Å². The van der Waals surface area contributed by atoms with Crippen molar-refractivity contribution < 1.29 is 33.8 Å². The number of rotatable bonds is 4. The molecular formula is C21H35NO7. The van der Waals surface area contributed by atoms with Crippen molar-refractivity contribution >= 4 is 0 Å². The molecule has 3 unspecified atom stereocenters. The van der Waals surface area contributed by atoms with E-state index >= 15 is 0 Å². The van der Waals surface area contributed by atoms with E-state index in [-0.39, 0.29) is 18.4 Å². The SMILES string of the molecule is C[C@@H]1CCC2[C@@H](C)[C@@H](OCC(O)N3CCOCC3)O[C@@H]3O[C@@]4(C)CCC1[C@@]23OO4. The molecule has 1 saturated carbocycles. The first kappa shape index (κ1) is 20.6. The second-order valence-electron chi connectivity index (χ2n) is 9.74. The maximum atomic E-state index is 10.5. The van der Waals surface area contributed by atoms with E-state index in [1.165, 1.54) is 0 Å². The van der Waals surface area contributed by atoms with Crippen molar-refractivity contribution in [2.45, 2.75) is 76.7 Å². The summed E-state index contributed by atoms with van der Waals surface area (Å²) in [5.41, 5.74) is -0.574. The van der Waals surface area contributed by atoms with Crippen LogP contribution in [0.15, 0.2) is 0 Å². The number of hydrogen-bond donors (Lipinski definition) is 1. The predicted octanol–water partition coefficient (Wildman–Crippen LogP) is 1.86. The van der Waals surface area contributed by atoms with Crippen LogP contribution in [0.3, 0.4) is 0 Å². The Balaban J connectivity index is 1.33. The largest absolute Gasteiger partial charge is 0.379 e. The molecule has 29 heavy (non-hydrogen) atoms. The molecule has 8 nitrogen and oxygen atoms in total. The lowest BCUT2D eigenvalue weighted by molar-refractivity contribution is -0.577. The highest BCUT2D eigenvalue weighted by atomic mass is 17.3. The minimum Gasteiger partial charge on any atom is -0.379 e. The molecular weight excluding hydrogens is 378 g/mol. The number of hydrogen-bond acceptors (Lipinski definition) is 8. The fraction of sp³-hybridized carbons (Fsp3) is 1.00. The molecule has 5 saturated heterocycles. The van der Waals surface area contributed by atoms with Gasteiger partial charge < -0.3 is 24.1 Å². The molecule has 6 fully saturated rings. The van der Waals surface area contributed by atoms with E-state index in [0.717, 1.165) is 25.7 Å². The molecule has 5 heterocycles.